The van der Waals surface area contributed by atoms with Gasteiger partial charge in [-0.05, 0) is 45.9 Å². The molecular formula is C24H28ClN5O4. The maximum Gasteiger partial charge on any atom is 0.410 e. The number of carbonyl (C=O) groups is 2. The first-order valence-electron chi connectivity index (χ1n) is 11.0. The summed E-state index contributed by atoms with van der Waals surface area (Å²) in [5.74, 6) is 0.129. The summed E-state index contributed by atoms with van der Waals surface area (Å²) in [4.78, 5) is 38.1. The fourth-order valence-electron chi connectivity index (χ4n) is 4.12. The summed E-state index contributed by atoms with van der Waals surface area (Å²) < 4.78 is 12.4. The molecule has 1 aromatic carbocycles. The van der Waals surface area contributed by atoms with Crippen LogP contribution in [0, 0.1) is 0 Å². The highest BCUT2D eigenvalue weighted by atomic mass is 35.5. The summed E-state index contributed by atoms with van der Waals surface area (Å²) in [6.45, 7) is 9.01. The first kappa shape index (κ1) is 23.8. The van der Waals surface area contributed by atoms with Gasteiger partial charge in [-0.1, -0.05) is 17.7 Å². The molecule has 1 atom stereocenters. The molecule has 0 bridgehead atoms. The fourth-order valence-corrected chi connectivity index (χ4v) is 4.30. The molecule has 0 aliphatic carbocycles. The molecule has 1 unspecified atom stereocenters. The van der Waals surface area contributed by atoms with Gasteiger partial charge in [0.15, 0.2) is 5.65 Å². The molecule has 0 radical (unpaired) electrons. The van der Waals surface area contributed by atoms with Crippen LogP contribution < -0.4 is 4.90 Å². The first-order valence-corrected chi connectivity index (χ1v) is 11.4. The largest absolute Gasteiger partial charge is 0.465 e. The van der Waals surface area contributed by atoms with Crippen LogP contribution in [0.3, 0.4) is 0 Å². The number of amides is 1. The number of ether oxygens (including phenoxy) is 2. The second-order valence-corrected chi connectivity index (χ2v) is 9.69. The van der Waals surface area contributed by atoms with Crippen molar-refractivity contribution < 1.29 is 19.1 Å². The van der Waals surface area contributed by atoms with Crippen molar-refractivity contribution in [1.29, 1.82) is 0 Å². The van der Waals surface area contributed by atoms with Crippen LogP contribution in [0.25, 0.3) is 16.7 Å². The van der Waals surface area contributed by atoms with E-state index in [-0.39, 0.29) is 12.1 Å². The Morgan fingerprint density at radius 3 is 2.59 bits per heavy atom. The maximum absolute atomic E-state index is 12.7. The Kier molecular flexibility index (Phi) is 6.40. The van der Waals surface area contributed by atoms with Gasteiger partial charge in [0, 0.05) is 42.6 Å². The molecule has 9 nitrogen and oxygen atoms in total. The van der Waals surface area contributed by atoms with Crippen LogP contribution in [-0.4, -0.2) is 69.9 Å². The third-order valence-corrected chi connectivity index (χ3v) is 5.84. The third-order valence-electron chi connectivity index (χ3n) is 5.61. The van der Waals surface area contributed by atoms with Gasteiger partial charge in [0.1, 0.15) is 17.7 Å². The number of carbonyl (C=O) groups excluding carboxylic acids is 2. The van der Waals surface area contributed by atoms with Crippen molar-refractivity contribution in [2.24, 2.45) is 0 Å². The Morgan fingerprint density at radius 1 is 1.18 bits per heavy atom. The molecule has 0 N–H and O–H groups in total. The minimum absolute atomic E-state index is 0.0700. The van der Waals surface area contributed by atoms with Crippen molar-refractivity contribution in [1.82, 2.24) is 19.4 Å². The van der Waals surface area contributed by atoms with Crippen LogP contribution in [0.15, 0.2) is 36.8 Å². The van der Waals surface area contributed by atoms with Gasteiger partial charge >= 0.3 is 12.1 Å². The summed E-state index contributed by atoms with van der Waals surface area (Å²) in [6.07, 6.45) is 2.84. The van der Waals surface area contributed by atoms with Gasteiger partial charge in [0.05, 0.1) is 18.1 Å². The van der Waals surface area contributed by atoms with Crippen LogP contribution in [-0.2, 0) is 9.47 Å². The first-order chi connectivity index (χ1) is 16.1. The number of anilines is 1. The molecular weight excluding hydrogens is 458 g/mol. The zero-order valence-corrected chi connectivity index (χ0v) is 20.7. The number of nitrogens with zero attached hydrogens (tertiary/aromatic N) is 5. The van der Waals surface area contributed by atoms with E-state index < -0.39 is 11.6 Å². The van der Waals surface area contributed by atoms with Crippen molar-refractivity contribution in [3.63, 3.8) is 0 Å². The SMILES string of the molecule is COC(=O)c1cn(-c2cccc(Cl)c2)c2ncnc(N3CCN(C(=O)OC(C)(C)C)CC3C)c12. The molecule has 1 amide bonds. The third kappa shape index (κ3) is 4.65. The molecule has 3 heterocycles. The van der Waals surface area contributed by atoms with Crippen molar-refractivity contribution in [3.8, 4) is 5.69 Å². The van der Waals surface area contributed by atoms with E-state index in [1.807, 2.05) is 39.8 Å². The summed E-state index contributed by atoms with van der Waals surface area (Å²) >= 11 is 6.21. The molecule has 10 heteroatoms. The number of rotatable bonds is 3. The second kappa shape index (κ2) is 9.13. The van der Waals surface area contributed by atoms with E-state index in [0.717, 1.165) is 5.69 Å². The van der Waals surface area contributed by atoms with Gasteiger partial charge in [-0.3, -0.25) is 0 Å². The molecule has 0 spiro atoms. The smallest absolute Gasteiger partial charge is 0.410 e. The second-order valence-electron chi connectivity index (χ2n) is 9.25. The Bertz CT molecular complexity index is 1240. The maximum atomic E-state index is 12.7. The topological polar surface area (TPSA) is 89.8 Å². The Labute approximate surface area is 203 Å². The number of hydrogen-bond donors (Lipinski definition) is 0. The zero-order chi connectivity index (χ0) is 24.6. The van der Waals surface area contributed by atoms with E-state index in [9.17, 15) is 9.59 Å². The normalized spacial score (nSPS) is 16.6. The molecule has 0 saturated carbocycles. The van der Waals surface area contributed by atoms with E-state index >= 15 is 0 Å². The quantitative estimate of drug-likeness (QED) is 0.511. The van der Waals surface area contributed by atoms with Crippen LogP contribution in [0.5, 0.6) is 0 Å². The average molecular weight is 486 g/mol. The predicted octanol–water partition coefficient (Wildman–Crippen LogP) is 4.31. The minimum atomic E-state index is -0.561. The van der Waals surface area contributed by atoms with E-state index in [1.54, 1.807) is 27.8 Å². The van der Waals surface area contributed by atoms with Crippen LogP contribution in [0.4, 0.5) is 10.6 Å². The molecule has 3 aromatic rings. The molecule has 1 aliphatic rings. The molecule has 2 aromatic heterocycles. The summed E-state index contributed by atoms with van der Waals surface area (Å²) in [6, 6.07) is 7.23. The molecule has 4 rings (SSSR count). The fraction of sp³-hybridized carbons (Fsp3) is 0.417. The number of piperazine rings is 1. The highest BCUT2D eigenvalue weighted by Gasteiger charge is 2.33. The number of fused-ring (bicyclic) bond motifs is 1. The number of hydrogen-bond acceptors (Lipinski definition) is 7. The highest BCUT2D eigenvalue weighted by Crippen LogP contribution is 2.33. The standard InChI is InChI=1S/C24H28ClN5O4/c1-15-12-28(23(32)34-24(2,3)4)9-10-29(15)20-19-18(22(31)33-5)13-30(21(19)27-14-26-20)17-8-6-7-16(25)11-17/h6-8,11,13-15H,9-10,12H2,1-5H3. The van der Waals surface area contributed by atoms with Crippen molar-refractivity contribution in [2.75, 3.05) is 31.6 Å². The van der Waals surface area contributed by atoms with E-state index in [4.69, 9.17) is 21.1 Å². The highest BCUT2D eigenvalue weighted by molar-refractivity contribution is 6.30. The summed E-state index contributed by atoms with van der Waals surface area (Å²) in [5.41, 5.74) is 1.12. The lowest BCUT2D eigenvalue weighted by molar-refractivity contribution is 0.0218. The Morgan fingerprint density at radius 2 is 1.94 bits per heavy atom. The average Bonchev–Trinajstić information content (AvgIpc) is 3.17. The molecule has 1 aliphatic heterocycles. The van der Waals surface area contributed by atoms with Gasteiger partial charge in [0.2, 0.25) is 0 Å². The van der Waals surface area contributed by atoms with Crippen molar-refractivity contribution >= 4 is 40.5 Å². The lowest BCUT2D eigenvalue weighted by atomic mass is 10.1. The summed E-state index contributed by atoms with van der Waals surface area (Å²) in [7, 11) is 1.34. The van der Waals surface area contributed by atoms with E-state index in [0.29, 0.717) is 47.1 Å². The lowest BCUT2D eigenvalue weighted by Gasteiger charge is -2.41. The monoisotopic (exact) mass is 485 g/mol. The lowest BCUT2D eigenvalue weighted by Crippen LogP contribution is -2.54. The van der Waals surface area contributed by atoms with E-state index in [1.165, 1.54) is 13.4 Å². The number of methoxy groups -OCH3 is 1. The predicted molar refractivity (Wildman–Crippen MR) is 130 cm³/mol. The van der Waals surface area contributed by atoms with Crippen molar-refractivity contribution in [2.45, 2.75) is 39.3 Å². The zero-order valence-electron chi connectivity index (χ0n) is 19.9. The van der Waals surface area contributed by atoms with Crippen LogP contribution in [0.2, 0.25) is 5.02 Å². The van der Waals surface area contributed by atoms with Gasteiger partial charge in [-0.25, -0.2) is 19.6 Å². The van der Waals surface area contributed by atoms with Crippen molar-refractivity contribution in [3.05, 3.63) is 47.4 Å². The summed E-state index contributed by atoms with van der Waals surface area (Å²) in [5, 5.41) is 1.16. The Balaban J connectivity index is 1.74. The molecule has 1 saturated heterocycles. The van der Waals surface area contributed by atoms with Gasteiger partial charge in [-0.2, -0.15) is 0 Å². The van der Waals surface area contributed by atoms with Crippen LogP contribution in [0.1, 0.15) is 38.1 Å². The number of benzene rings is 1. The van der Waals surface area contributed by atoms with Gasteiger partial charge in [-0.15, -0.1) is 0 Å². The van der Waals surface area contributed by atoms with Gasteiger partial charge < -0.3 is 23.8 Å². The Hall–Kier alpha value is -3.33. The minimum Gasteiger partial charge on any atom is -0.465 e. The van der Waals surface area contributed by atoms with E-state index in [2.05, 4.69) is 14.9 Å². The number of halogens is 1. The molecule has 1 fully saturated rings. The van der Waals surface area contributed by atoms with Gasteiger partial charge in [0.25, 0.3) is 0 Å². The van der Waals surface area contributed by atoms with Crippen LogP contribution >= 0.6 is 11.6 Å². The number of aromatic nitrogens is 3. The molecule has 34 heavy (non-hydrogen) atoms. The number of esters is 1. The molecule has 180 valence electrons.